The fraction of sp³-hybridized carbons (Fsp3) is 0.536. The van der Waals surface area contributed by atoms with Gasteiger partial charge >= 0.3 is 6.18 Å². The number of rotatable bonds is 8. The van der Waals surface area contributed by atoms with Crippen molar-refractivity contribution < 1.29 is 32.6 Å². The number of carbonyl (C=O) groups is 2. The molecule has 8 nitrogen and oxygen atoms in total. The van der Waals surface area contributed by atoms with Gasteiger partial charge in [0.25, 0.3) is 17.4 Å². The summed E-state index contributed by atoms with van der Waals surface area (Å²) in [6.07, 6.45) is -2.69. The summed E-state index contributed by atoms with van der Waals surface area (Å²) in [6, 6.07) is 8.42. The maximum atomic E-state index is 14.1. The topological polar surface area (TPSA) is 86.2 Å². The molecule has 2 fully saturated rings. The van der Waals surface area contributed by atoms with E-state index in [0.29, 0.717) is 17.3 Å². The number of carbonyl (C=O) groups excluding carboxylic acids is 2. The van der Waals surface area contributed by atoms with Crippen LogP contribution in [0.15, 0.2) is 36.4 Å². The monoisotopic (exact) mass is 582 g/mol. The Bertz CT molecular complexity index is 1230. The minimum atomic E-state index is -5.19. The lowest BCUT2D eigenvalue weighted by atomic mass is 9.82. The van der Waals surface area contributed by atoms with Crippen LogP contribution >= 0.6 is 11.6 Å². The van der Waals surface area contributed by atoms with Crippen LogP contribution in [-0.2, 0) is 10.4 Å². The molecule has 3 heterocycles. The van der Waals surface area contributed by atoms with Gasteiger partial charge in [0, 0.05) is 45.8 Å². The number of amides is 2. The minimum absolute atomic E-state index is 0.0663. The zero-order chi connectivity index (χ0) is 29.2. The van der Waals surface area contributed by atoms with Gasteiger partial charge in [-0.3, -0.25) is 9.59 Å². The van der Waals surface area contributed by atoms with E-state index in [1.807, 2.05) is 0 Å². The number of benzene rings is 1. The number of halogens is 4. The lowest BCUT2D eigenvalue weighted by Gasteiger charge is -2.45. The predicted octanol–water partition coefficient (Wildman–Crippen LogP) is 4.35. The molecular weight excluding hydrogens is 549 g/mol. The second kappa shape index (κ2) is 11.8. The number of likely N-dealkylation sites (tertiary alicyclic amines) is 1. The molecule has 1 aromatic carbocycles. The third-order valence-corrected chi connectivity index (χ3v) is 7.89. The molecule has 2 aromatic rings. The fourth-order valence-electron chi connectivity index (χ4n) is 5.37. The third kappa shape index (κ3) is 6.00. The van der Waals surface area contributed by atoms with Crippen molar-refractivity contribution in [1.29, 1.82) is 0 Å². The Morgan fingerprint density at radius 3 is 2.38 bits per heavy atom. The fourth-order valence-corrected chi connectivity index (χ4v) is 5.60. The van der Waals surface area contributed by atoms with Crippen molar-refractivity contribution in [2.24, 2.45) is 11.8 Å². The number of hydrogen-bond acceptors (Lipinski definition) is 6. The first kappa shape index (κ1) is 29.9. The van der Waals surface area contributed by atoms with E-state index >= 15 is 0 Å². The van der Waals surface area contributed by atoms with Crippen LogP contribution in [0.25, 0.3) is 0 Å². The third-order valence-electron chi connectivity index (χ3n) is 7.60. The first-order valence-corrected chi connectivity index (χ1v) is 13.7. The smallest absolute Gasteiger partial charge is 0.430 e. The van der Waals surface area contributed by atoms with E-state index in [4.69, 9.17) is 16.3 Å². The molecule has 1 atom stereocenters. The first-order valence-electron chi connectivity index (χ1n) is 13.3. The predicted molar refractivity (Wildman–Crippen MR) is 144 cm³/mol. The summed E-state index contributed by atoms with van der Waals surface area (Å²) in [4.78, 5) is 34.2. The van der Waals surface area contributed by atoms with E-state index in [9.17, 15) is 27.9 Å². The normalized spacial score (nSPS) is 18.2. The zero-order valence-corrected chi connectivity index (χ0v) is 23.5. The Balaban J connectivity index is 1.32. The highest BCUT2D eigenvalue weighted by molar-refractivity contribution is 6.32. The van der Waals surface area contributed by atoms with E-state index in [0.717, 1.165) is 49.4 Å². The van der Waals surface area contributed by atoms with E-state index in [1.165, 1.54) is 17.0 Å². The highest BCUT2D eigenvalue weighted by Crippen LogP contribution is 2.43. The Morgan fingerprint density at radius 2 is 1.80 bits per heavy atom. The summed E-state index contributed by atoms with van der Waals surface area (Å²) in [5.41, 5.74) is -3.86. The molecule has 2 aliphatic heterocycles. The van der Waals surface area contributed by atoms with Gasteiger partial charge in [0.1, 0.15) is 16.7 Å². The summed E-state index contributed by atoms with van der Waals surface area (Å²) in [7, 11) is 3.29. The molecule has 0 spiro atoms. The minimum Gasteiger partial charge on any atom is -0.494 e. The van der Waals surface area contributed by atoms with Crippen LogP contribution in [0.5, 0.6) is 5.75 Å². The van der Waals surface area contributed by atoms with Crippen molar-refractivity contribution >= 4 is 29.2 Å². The molecule has 2 saturated heterocycles. The average Bonchev–Trinajstić information content (AvgIpc) is 2.89. The standard InChI is InChI=1S/C28H34ClF3N4O4/c1-4-40-21-7-5-6-20(15-21)27(39,28(30,31)32)26(38)36-16-19(17-36)14-18-10-12-35(13-11-18)23-9-8-22(24(29)33-23)25(37)34(2)3/h5-9,15,18-19,39H,4,10-14,16-17H2,1-3H3/t27-/m0/s1. The summed E-state index contributed by atoms with van der Waals surface area (Å²) in [5.74, 6) is -0.315. The second-order valence-electron chi connectivity index (χ2n) is 10.6. The Hall–Kier alpha value is -3.05. The molecule has 0 radical (unpaired) electrons. The molecule has 4 rings (SSSR count). The van der Waals surface area contributed by atoms with Crippen molar-refractivity contribution in [3.05, 3.63) is 52.7 Å². The van der Waals surface area contributed by atoms with Crippen LogP contribution < -0.4 is 9.64 Å². The van der Waals surface area contributed by atoms with Gasteiger partial charge in [-0.1, -0.05) is 23.7 Å². The molecule has 1 N–H and O–H groups in total. The van der Waals surface area contributed by atoms with Gasteiger partial charge < -0.3 is 24.5 Å². The maximum Gasteiger partial charge on any atom is 0.430 e. The van der Waals surface area contributed by atoms with Crippen molar-refractivity contribution in [3.63, 3.8) is 0 Å². The molecule has 12 heteroatoms. The van der Waals surface area contributed by atoms with Crippen molar-refractivity contribution in [2.45, 2.75) is 38.0 Å². The average molecular weight is 583 g/mol. The van der Waals surface area contributed by atoms with Gasteiger partial charge in [-0.2, -0.15) is 13.2 Å². The van der Waals surface area contributed by atoms with Gasteiger partial charge in [-0.05, 0) is 62.3 Å². The molecule has 0 bridgehead atoms. The van der Waals surface area contributed by atoms with E-state index in [1.54, 1.807) is 33.2 Å². The second-order valence-corrected chi connectivity index (χ2v) is 11.0. The van der Waals surface area contributed by atoms with Crippen LogP contribution in [0.4, 0.5) is 19.0 Å². The van der Waals surface area contributed by atoms with Crippen molar-refractivity contribution in [1.82, 2.24) is 14.8 Å². The van der Waals surface area contributed by atoms with Crippen LogP contribution in [0.3, 0.4) is 0 Å². The number of aliphatic hydroxyl groups is 1. The highest BCUT2D eigenvalue weighted by atomic mass is 35.5. The first-order chi connectivity index (χ1) is 18.8. The molecule has 0 unspecified atom stereocenters. The Kier molecular flexibility index (Phi) is 8.84. The van der Waals surface area contributed by atoms with Crippen LogP contribution in [-0.4, -0.2) is 84.8 Å². The number of pyridine rings is 1. The Labute approximate surface area is 236 Å². The van der Waals surface area contributed by atoms with Gasteiger partial charge in [-0.25, -0.2) is 4.98 Å². The van der Waals surface area contributed by atoms with E-state index in [2.05, 4.69) is 9.88 Å². The SMILES string of the molecule is CCOc1cccc([C@](O)(C(=O)N2CC(CC3CCN(c4ccc(C(=O)N(C)C)c(Cl)n4)CC3)C2)C(F)(F)F)c1. The molecule has 40 heavy (non-hydrogen) atoms. The lowest BCUT2D eigenvalue weighted by molar-refractivity contribution is -0.264. The molecule has 2 amide bonds. The summed E-state index contributed by atoms with van der Waals surface area (Å²) in [5, 5.41) is 10.9. The van der Waals surface area contributed by atoms with Gasteiger partial charge in [0.05, 0.1) is 12.2 Å². The molecule has 1 aromatic heterocycles. The molecule has 2 aliphatic rings. The number of hydrogen-bond donors (Lipinski definition) is 1. The van der Waals surface area contributed by atoms with Gasteiger partial charge in [0.15, 0.2) is 0 Å². The number of ether oxygens (including phenoxy) is 1. The van der Waals surface area contributed by atoms with Gasteiger partial charge in [-0.15, -0.1) is 0 Å². The van der Waals surface area contributed by atoms with Gasteiger partial charge in [0.2, 0.25) is 0 Å². The Morgan fingerprint density at radius 1 is 1.12 bits per heavy atom. The number of aromatic nitrogens is 1. The quantitative estimate of drug-likeness (QED) is 0.466. The number of piperidine rings is 1. The molecular formula is C28H34ClF3N4O4. The highest BCUT2D eigenvalue weighted by Gasteiger charge is 2.63. The van der Waals surface area contributed by atoms with E-state index in [-0.39, 0.29) is 42.4 Å². The number of alkyl halides is 3. The largest absolute Gasteiger partial charge is 0.494 e. The number of nitrogens with zero attached hydrogens (tertiary/aromatic N) is 4. The van der Waals surface area contributed by atoms with Crippen molar-refractivity contribution in [2.75, 3.05) is 51.8 Å². The zero-order valence-electron chi connectivity index (χ0n) is 22.7. The number of anilines is 1. The maximum absolute atomic E-state index is 14.1. The summed E-state index contributed by atoms with van der Waals surface area (Å²) in [6.45, 7) is 3.73. The van der Waals surface area contributed by atoms with E-state index < -0.39 is 23.2 Å². The van der Waals surface area contributed by atoms with Crippen LogP contribution in [0.1, 0.15) is 42.1 Å². The lowest BCUT2D eigenvalue weighted by Crippen LogP contribution is -2.61. The summed E-state index contributed by atoms with van der Waals surface area (Å²) >= 11 is 6.26. The van der Waals surface area contributed by atoms with Crippen LogP contribution in [0.2, 0.25) is 5.15 Å². The van der Waals surface area contributed by atoms with Crippen molar-refractivity contribution in [3.8, 4) is 5.75 Å². The summed E-state index contributed by atoms with van der Waals surface area (Å²) < 4.78 is 47.5. The molecule has 0 saturated carbocycles. The molecule has 218 valence electrons. The van der Waals surface area contributed by atoms with Crippen LogP contribution in [0, 0.1) is 11.8 Å². The molecule has 0 aliphatic carbocycles.